The van der Waals surface area contributed by atoms with Crippen molar-refractivity contribution in [3.8, 4) is 0 Å². The summed E-state index contributed by atoms with van der Waals surface area (Å²) in [7, 11) is 0. The van der Waals surface area contributed by atoms with E-state index in [9.17, 15) is 9.59 Å². The summed E-state index contributed by atoms with van der Waals surface area (Å²) in [6.45, 7) is 10.5. The fraction of sp³-hybridized carbons (Fsp3) is 0.724. The van der Waals surface area contributed by atoms with Gasteiger partial charge < -0.3 is 9.47 Å². The molecule has 0 amide bonds. The smallest absolute Gasteiger partial charge is 0.313 e. The lowest BCUT2D eigenvalue weighted by molar-refractivity contribution is -0.190. The van der Waals surface area contributed by atoms with Crippen LogP contribution in [0.4, 0.5) is 0 Å². The third-order valence-electron chi connectivity index (χ3n) is 6.07. The number of esters is 2. The monoisotopic (exact) mass is 460 g/mol. The number of rotatable bonds is 18. The second-order valence-corrected chi connectivity index (χ2v) is 9.79. The Morgan fingerprint density at radius 1 is 0.970 bits per heavy atom. The third-order valence-corrected chi connectivity index (χ3v) is 6.07. The highest BCUT2D eigenvalue weighted by Crippen LogP contribution is 2.32. The van der Waals surface area contributed by atoms with Gasteiger partial charge in [0.1, 0.15) is 12.2 Å². The van der Waals surface area contributed by atoms with Crippen molar-refractivity contribution in [3.63, 3.8) is 0 Å². The minimum absolute atomic E-state index is 0.0424. The Labute approximate surface area is 202 Å². The zero-order valence-corrected chi connectivity index (χ0v) is 21.8. The van der Waals surface area contributed by atoms with Gasteiger partial charge in [0, 0.05) is 12.8 Å². The van der Waals surface area contributed by atoms with Crippen molar-refractivity contribution in [3.05, 3.63) is 36.5 Å². The van der Waals surface area contributed by atoms with Crippen LogP contribution in [0.1, 0.15) is 105 Å². The van der Waals surface area contributed by atoms with E-state index in [2.05, 4.69) is 64.2 Å². The molecule has 188 valence electrons. The van der Waals surface area contributed by atoms with E-state index in [-0.39, 0.29) is 36.0 Å². The summed E-state index contributed by atoms with van der Waals surface area (Å²) < 4.78 is 11.4. The number of allylic oxidation sites excluding steroid dienone is 5. The molecular weight excluding hydrogens is 412 g/mol. The molecule has 4 unspecified atom stereocenters. The average molecular weight is 461 g/mol. The second kappa shape index (κ2) is 17.6. The topological polar surface area (TPSA) is 52.6 Å². The number of hydrogen-bond donors (Lipinski definition) is 0. The molecule has 0 aromatic rings. The molecule has 0 saturated carbocycles. The molecule has 1 aliphatic rings. The highest BCUT2D eigenvalue weighted by molar-refractivity contribution is 5.78. The quantitative estimate of drug-likeness (QED) is 0.119. The summed E-state index contributed by atoms with van der Waals surface area (Å²) >= 11 is 0. The molecule has 4 atom stereocenters. The first-order chi connectivity index (χ1) is 15.9. The molecule has 0 radical (unpaired) electrons. The summed E-state index contributed by atoms with van der Waals surface area (Å²) in [6.07, 6.45) is 22.9. The van der Waals surface area contributed by atoms with Gasteiger partial charge in [-0.25, -0.2) is 0 Å². The molecule has 0 N–H and O–H groups in total. The molecule has 0 aliphatic carbocycles. The molecule has 33 heavy (non-hydrogen) atoms. The lowest BCUT2D eigenvalue weighted by Gasteiger charge is -2.37. The van der Waals surface area contributed by atoms with Crippen LogP contribution in [0.5, 0.6) is 0 Å². The largest absolute Gasteiger partial charge is 0.462 e. The van der Waals surface area contributed by atoms with Crippen molar-refractivity contribution in [1.82, 2.24) is 0 Å². The molecule has 1 aliphatic heterocycles. The zero-order valence-electron chi connectivity index (χ0n) is 21.8. The Morgan fingerprint density at radius 2 is 1.64 bits per heavy atom. The maximum absolute atomic E-state index is 12.7. The predicted molar refractivity (Wildman–Crippen MR) is 137 cm³/mol. The highest BCUT2D eigenvalue weighted by atomic mass is 16.6. The fourth-order valence-corrected chi connectivity index (χ4v) is 4.20. The van der Waals surface area contributed by atoms with Crippen LogP contribution in [0.15, 0.2) is 36.5 Å². The van der Waals surface area contributed by atoms with Crippen LogP contribution in [0.3, 0.4) is 0 Å². The lowest BCUT2D eigenvalue weighted by Crippen LogP contribution is -2.47. The molecule has 0 aromatic heterocycles. The third kappa shape index (κ3) is 12.8. The standard InChI is InChI=1S/C29H48O4/c1-6-8-10-12-13-14-15-16-17-19-25(32-28(30)24(5)21-23(3)4)22-27-26(29(31)33-27)20-18-11-9-7-2/h8,10,13-14,16-17,23-27H,6-7,9,11-12,15,18-22H2,1-5H3/b10-8+,14-13+,17-16+. The summed E-state index contributed by atoms with van der Waals surface area (Å²) in [5, 5.41) is 0. The van der Waals surface area contributed by atoms with E-state index in [1.807, 2.05) is 6.92 Å². The van der Waals surface area contributed by atoms with Crippen LogP contribution in [0, 0.1) is 17.8 Å². The van der Waals surface area contributed by atoms with E-state index in [4.69, 9.17) is 9.47 Å². The van der Waals surface area contributed by atoms with Crippen molar-refractivity contribution in [1.29, 1.82) is 0 Å². The Kier molecular flexibility index (Phi) is 15.6. The normalized spacial score (nSPS) is 20.5. The Balaban J connectivity index is 2.61. The zero-order chi connectivity index (χ0) is 24.5. The number of hydrogen-bond acceptors (Lipinski definition) is 4. The van der Waals surface area contributed by atoms with Gasteiger partial charge in [0.25, 0.3) is 0 Å². The molecule has 1 heterocycles. The van der Waals surface area contributed by atoms with E-state index in [0.717, 1.165) is 44.9 Å². The maximum atomic E-state index is 12.7. The summed E-state index contributed by atoms with van der Waals surface area (Å²) in [5.74, 6) is 0.0518. The van der Waals surface area contributed by atoms with Crippen LogP contribution in [0.25, 0.3) is 0 Å². The van der Waals surface area contributed by atoms with E-state index < -0.39 is 0 Å². The van der Waals surface area contributed by atoms with Gasteiger partial charge in [-0.15, -0.1) is 0 Å². The highest BCUT2D eigenvalue weighted by Gasteiger charge is 2.43. The van der Waals surface area contributed by atoms with Gasteiger partial charge >= 0.3 is 11.9 Å². The first-order valence-corrected chi connectivity index (χ1v) is 13.2. The van der Waals surface area contributed by atoms with E-state index in [1.165, 1.54) is 12.8 Å². The summed E-state index contributed by atoms with van der Waals surface area (Å²) in [4.78, 5) is 24.7. The van der Waals surface area contributed by atoms with Gasteiger partial charge in [0.05, 0.1) is 11.8 Å². The van der Waals surface area contributed by atoms with Gasteiger partial charge in [-0.3, -0.25) is 9.59 Å². The van der Waals surface area contributed by atoms with E-state index >= 15 is 0 Å². The molecular formula is C29H48O4. The molecule has 4 heteroatoms. The van der Waals surface area contributed by atoms with Crippen molar-refractivity contribution in [2.75, 3.05) is 0 Å². The maximum Gasteiger partial charge on any atom is 0.313 e. The average Bonchev–Trinajstić information content (AvgIpc) is 2.76. The van der Waals surface area contributed by atoms with Crippen LogP contribution < -0.4 is 0 Å². The van der Waals surface area contributed by atoms with Gasteiger partial charge in [-0.2, -0.15) is 0 Å². The van der Waals surface area contributed by atoms with Gasteiger partial charge in [0.15, 0.2) is 0 Å². The molecule has 0 bridgehead atoms. The van der Waals surface area contributed by atoms with Crippen molar-refractivity contribution < 1.29 is 19.1 Å². The van der Waals surface area contributed by atoms with Crippen LogP contribution in [-0.4, -0.2) is 24.1 Å². The lowest BCUT2D eigenvalue weighted by atomic mass is 9.87. The number of carbonyl (C=O) groups excluding carboxylic acids is 2. The number of carbonyl (C=O) groups is 2. The van der Waals surface area contributed by atoms with Crippen LogP contribution in [-0.2, 0) is 19.1 Å². The SMILES string of the molecule is CC/C=C/C/C=C/C/C=C/CC(CC1OC(=O)C1CCCCCC)OC(=O)C(C)CC(C)C. The molecule has 4 nitrogen and oxygen atoms in total. The summed E-state index contributed by atoms with van der Waals surface area (Å²) in [6, 6.07) is 0. The predicted octanol–water partition coefficient (Wildman–Crippen LogP) is 7.73. The van der Waals surface area contributed by atoms with Gasteiger partial charge in [0.2, 0.25) is 0 Å². The van der Waals surface area contributed by atoms with Crippen LogP contribution >= 0.6 is 0 Å². The molecule has 1 saturated heterocycles. The van der Waals surface area contributed by atoms with Crippen molar-refractivity contribution in [2.24, 2.45) is 17.8 Å². The van der Waals surface area contributed by atoms with Gasteiger partial charge in [-0.1, -0.05) is 96.8 Å². The number of ether oxygens (including phenoxy) is 2. The molecule has 0 aromatic carbocycles. The van der Waals surface area contributed by atoms with Crippen molar-refractivity contribution >= 4 is 11.9 Å². The Hall–Kier alpha value is -1.84. The molecule has 0 spiro atoms. The fourth-order valence-electron chi connectivity index (χ4n) is 4.20. The Bertz CT molecular complexity index is 632. The van der Waals surface area contributed by atoms with E-state index in [1.54, 1.807) is 0 Å². The van der Waals surface area contributed by atoms with Gasteiger partial charge in [-0.05, 0) is 38.0 Å². The molecule has 1 fully saturated rings. The van der Waals surface area contributed by atoms with Crippen molar-refractivity contribution in [2.45, 2.75) is 117 Å². The first kappa shape index (κ1) is 29.2. The first-order valence-electron chi connectivity index (χ1n) is 13.2. The number of unbranched alkanes of at least 4 members (excludes halogenated alkanes) is 3. The van der Waals surface area contributed by atoms with E-state index in [0.29, 0.717) is 18.8 Å². The number of cyclic esters (lactones) is 1. The molecule has 1 rings (SSSR count). The Morgan fingerprint density at radius 3 is 2.24 bits per heavy atom. The summed E-state index contributed by atoms with van der Waals surface area (Å²) in [5.41, 5.74) is 0. The minimum Gasteiger partial charge on any atom is -0.462 e. The van der Waals surface area contributed by atoms with Crippen LogP contribution in [0.2, 0.25) is 0 Å². The second-order valence-electron chi connectivity index (χ2n) is 9.79. The minimum atomic E-state index is -0.254.